The van der Waals surface area contributed by atoms with Crippen LogP contribution in [0, 0.1) is 13.8 Å². The third-order valence-corrected chi connectivity index (χ3v) is 5.65. The van der Waals surface area contributed by atoms with Crippen molar-refractivity contribution < 1.29 is 9.53 Å². The minimum absolute atomic E-state index is 0.0189. The summed E-state index contributed by atoms with van der Waals surface area (Å²) in [6.45, 7) is 13.8. The summed E-state index contributed by atoms with van der Waals surface area (Å²) in [6, 6.07) is 9.82. The number of aryl methyl sites for hydroxylation is 2. The average molecular weight is 406 g/mol. The summed E-state index contributed by atoms with van der Waals surface area (Å²) in [5.41, 5.74) is 9.88. The number of amides is 1. The molecule has 30 heavy (non-hydrogen) atoms. The first-order valence-corrected chi connectivity index (χ1v) is 10.3. The fourth-order valence-electron chi connectivity index (χ4n) is 4.17. The molecule has 0 fully saturated rings. The van der Waals surface area contributed by atoms with Crippen LogP contribution in [0.3, 0.4) is 0 Å². The molecule has 2 aromatic rings. The lowest BCUT2D eigenvalue weighted by Crippen LogP contribution is -2.45. The molecule has 1 aliphatic rings. The minimum atomic E-state index is -0.298. The Morgan fingerprint density at radius 3 is 2.60 bits per heavy atom. The molecule has 158 valence electrons. The van der Waals surface area contributed by atoms with Crippen LogP contribution in [0.4, 0.5) is 5.69 Å². The second-order valence-corrected chi connectivity index (χ2v) is 8.35. The highest BCUT2D eigenvalue weighted by Crippen LogP contribution is 2.39. The third kappa shape index (κ3) is 4.11. The van der Waals surface area contributed by atoms with Gasteiger partial charge >= 0.3 is 0 Å². The smallest absolute Gasteiger partial charge is 0.275 e. The number of rotatable bonds is 5. The van der Waals surface area contributed by atoms with Crippen molar-refractivity contribution in [3.63, 3.8) is 0 Å². The summed E-state index contributed by atoms with van der Waals surface area (Å²) in [7, 11) is 1.56. The number of anilines is 1. The van der Waals surface area contributed by atoms with Crippen LogP contribution in [0.25, 0.3) is 5.57 Å². The number of methoxy groups -OCH3 is 1. The van der Waals surface area contributed by atoms with Crippen LogP contribution in [0.5, 0.6) is 5.75 Å². The SMILES string of the molecule is CCN1c2cc(C)c(/C=N/NC(=O)c3ccc(C)cc3OC)cc2C(C)=CC1(C)C. The lowest BCUT2D eigenvalue weighted by atomic mass is 9.87. The quantitative estimate of drug-likeness (QED) is 0.556. The van der Waals surface area contributed by atoms with E-state index in [2.05, 4.69) is 68.3 Å². The summed E-state index contributed by atoms with van der Waals surface area (Å²) in [6.07, 6.45) is 4.01. The van der Waals surface area contributed by atoms with E-state index in [1.54, 1.807) is 19.4 Å². The third-order valence-electron chi connectivity index (χ3n) is 5.65. The zero-order valence-electron chi connectivity index (χ0n) is 19.0. The monoisotopic (exact) mass is 405 g/mol. The molecule has 0 aromatic heterocycles. The molecule has 0 spiro atoms. The van der Waals surface area contributed by atoms with Gasteiger partial charge in [0.05, 0.1) is 24.4 Å². The summed E-state index contributed by atoms with van der Waals surface area (Å²) in [5, 5.41) is 4.21. The Balaban J connectivity index is 1.86. The molecule has 0 saturated carbocycles. The van der Waals surface area contributed by atoms with Gasteiger partial charge in [-0.15, -0.1) is 0 Å². The fraction of sp³-hybridized carbons (Fsp3) is 0.360. The van der Waals surface area contributed by atoms with Crippen molar-refractivity contribution in [2.24, 2.45) is 5.10 Å². The number of likely N-dealkylation sites (N-methyl/N-ethyl adjacent to an activating group) is 1. The Hall–Kier alpha value is -3.08. The van der Waals surface area contributed by atoms with Crippen molar-refractivity contribution in [1.82, 2.24) is 5.43 Å². The van der Waals surface area contributed by atoms with Gasteiger partial charge in [0, 0.05) is 17.8 Å². The number of ether oxygens (including phenoxy) is 1. The van der Waals surface area contributed by atoms with Gasteiger partial charge in [0.15, 0.2) is 0 Å². The maximum Gasteiger partial charge on any atom is 0.275 e. The zero-order valence-corrected chi connectivity index (χ0v) is 19.0. The van der Waals surface area contributed by atoms with E-state index in [1.807, 2.05) is 19.1 Å². The van der Waals surface area contributed by atoms with E-state index in [-0.39, 0.29) is 11.4 Å². The Morgan fingerprint density at radius 2 is 1.93 bits per heavy atom. The summed E-state index contributed by atoms with van der Waals surface area (Å²) >= 11 is 0. The van der Waals surface area contributed by atoms with Crippen molar-refractivity contribution in [2.75, 3.05) is 18.6 Å². The molecule has 5 nitrogen and oxygen atoms in total. The number of hydrogen-bond donors (Lipinski definition) is 1. The first kappa shape index (κ1) is 21.6. The number of benzene rings is 2. The van der Waals surface area contributed by atoms with Gasteiger partial charge in [-0.1, -0.05) is 12.1 Å². The predicted octanol–water partition coefficient (Wildman–Crippen LogP) is 5.10. The lowest BCUT2D eigenvalue weighted by molar-refractivity contribution is 0.0952. The Morgan fingerprint density at radius 1 is 1.20 bits per heavy atom. The molecule has 2 aromatic carbocycles. The maximum atomic E-state index is 12.5. The topological polar surface area (TPSA) is 53.9 Å². The van der Waals surface area contributed by atoms with E-state index in [0.29, 0.717) is 11.3 Å². The van der Waals surface area contributed by atoms with Gasteiger partial charge in [-0.05, 0) is 88.1 Å². The second-order valence-electron chi connectivity index (χ2n) is 8.35. The van der Waals surface area contributed by atoms with Gasteiger partial charge in [0.2, 0.25) is 0 Å². The van der Waals surface area contributed by atoms with Crippen molar-refractivity contribution in [2.45, 2.75) is 47.1 Å². The summed E-state index contributed by atoms with van der Waals surface area (Å²) < 4.78 is 5.32. The van der Waals surface area contributed by atoms with Crippen LogP contribution in [-0.2, 0) is 0 Å². The molecule has 5 heteroatoms. The van der Waals surface area contributed by atoms with Gasteiger partial charge in [-0.2, -0.15) is 5.10 Å². The summed E-state index contributed by atoms with van der Waals surface area (Å²) in [4.78, 5) is 14.9. The first-order valence-electron chi connectivity index (χ1n) is 10.3. The Kier molecular flexibility index (Phi) is 6.01. The number of nitrogens with one attached hydrogen (secondary N) is 1. The van der Waals surface area contributed by atoms with Crippen molar-refractivity contribution in [3.8, 4) is 5.75 Å². The van der Waals surface area contributed by atoms with Crippen LogP contribution in [0.15, 0.2) is 41.5 Å². The van der Waals surface area contributed by atoms with E-state index >= 15 is 0 Å². The van der Waals surface area contributed by atoms with Gasteiger partial charge in [0.25, 0.3) is 5.91 Å². The number of carbonyl (C=O) groups excluding carboxylic acids is 1. The fourth-order valence-corrected chi connectivity index (χ4v) is 4.17. The van der Waals surface area contributed by atoms with Crippen LogP contribution in [0.2, 0.25) is 0 Å². The van der Waals surface area contributed by atoms with Gasteiger partial charge < -0.3 is 9.64 Å². The molecule has 0 unspecified atom stereocenters. The normalized spacial score (nSPS) is 15.0. The molecule has 0 aliphatic carbocycles. The van der Waals surface area contributed by atoms with E-state index in [1.165, 1.54) is 16.8 Å². The van der Waals surface area contributed by atoms with Gasteiger partial charge in [-0.25, -0.2) is 5.43 Å². The van der Waals surface area contributed by atoms with E-state index in [0.717, 1.165) is 23.2 Å². The molecule has 1 amide bonds. The maximum absolute atomic E-state index is 12.5. The largest absolute Gasteiger partial charge is 0.496 e. The molecule has 0 bridgehead atoms. The molecule has 3 rings (SSSR count). The number of carbonyl (C=O) groups is 1. The van der Waals surface area contributed by atoms with Crippen LogP contribution >= 0.6 is 0 Å². The summed E-state index contributed by atoms with van der Waals surface area (Å²) in [5.74, 6) is 0.240. The number of nitrogens with zero attached hydrogens (tertiary/aromatic N) is 2. The predicted molar refractivity (Wildman–Crippen MR) is 125 cm³/mol. The first-order chi connectivity index (χ1) is 14.2. The van der Waals surface area contributed by atoms with Crippen molar-refractivity contribution in [1.29, 1.82) is 0 Å². The number of hydrazone groups is 1. The highest BCUT2D eigenvalue weighted by molar-refractivity contribution is 5.98. The molecule has 0 saturated heterocycles. The molecule has 1 N–H and O–H groups in total. The molecular weight excluding hydrogens is 374 g/mol. The van der Waals surface area contributed by atoms with E-state index in [9.17, 15) is 4.79 Å². The van der Waals surface area contributed by atoms with Gasteiger partial charge in [-0.3, -0.25) is 4.79 Å². The molecule has 0 radical (unpaired) electrons. The van der Waals surface area contributed by atoms with Crippen molar-refractivity contribution >= 4 is 23.4 Å². The highest BCUT2D eigenvalue weighted by Gasteiger charge is 2.30. The van der Waals surface area contributed by atoms with Crippen LogP contribution in [0.1, 0.15) is 60.3 Å². The van der Waals surface area contributed by atoms with Crippen LogP contribution < -0.4 is 15.1 Å². The average Bonchev–Trinajstić information content (AvgIpc) is 2.68. The lowest BCUT2D eigenvalue weighted by Gasteiger charge is -2.43. The Bertz CT molecular complexity index is 1030. The number of hydrogen-bond acceptors (Lipinski definition) is 4. The zero-order chi connectivity index (χ0) is 22.1. The molecule has 0 atom stereocenters. The number of fused-ring (bicyclic) bond motifs is 1. The van der Waals surface area contributed by atoms with Gasteiger partial charge in [0.1, 0.15) is 5.75 Å². The molecule has 1 heterocycles. The highest BCUT2D eigenvalue weighted by atomic mass is 16.5. The minimum Gasteiger partial charge on any atom is -0.496 e. The Labute approximate surface area is 179 Å². The standard InChI is InChI=1S/C25H31N3O2/c1-8-28-22-12-17(3)19(13-21(22)18(4)14-25(28,5)6)15-26-27-24(29)20-10-9-16(2)11-23(20)30-7/h9-15H,8H2,1-7H3,(H,27,29)/b26-15+. The molecular formula is C25H31N3O2. The molecule has 1 aliphatic heterocycles. The van der Waals surface area contributed by atoms with E-state index in [4.69, 9.17) is 4.74 Å². The van der Waals surface area contributed by atoms with Crippen molar-refractivity contribution in [3.05, 3.63) is 64.2 Å². The number of allylic oxidation sites excluding steroid dienone is 1. The second kappa shape index (κ2) is 8.34. The van der Waals surface area contributed by atoms with E-state index < -0.39 is 0 Å². The van der Waals surface area contributed by atoms with Crippen LogP contribution in [-0.4, -0.2) is 31.3 Å².